The highest BCUT2D eigenvalue weighted by Crippen LogP contribution is 2.04. The van der Waals surface area contributed by atoms with Crippen molar-refractivity contribution in [3.05, 3.63) is 27.9 Å². The van der Waals surface area contributed by atoms with Gasteiger partial charge in [-0.2, -0.15) is 4.98 Å². The first-order valence-corrected chi connectivity index (χ1v) is 8.39. The molecule has 0 aliphatic rings. The highest BCUT2D eigenvalue weighted by molar-refractivity contribution is 7.88. The van der Waals surface area contributed by atoms with Gasteiger partial charge in [0.25, 0.3) is 5.91 Å². The molecule has 1 heterocycles. The molecule has 3 N–H and O–H groups in total. The van der Waals surface area contributed by atoms with Gasteiger partial charge in [0.2, 0.25) is 10.0 Å². The SMILES string of the molecule is CC(C)Cc1cc(C(=O)NCCNS(C)(=O)=O)nc(=O)[nH]1. The predicted octanol–water partition coefficient (Wildman–Crippen LogP) is -0.753. The Morgan fingerprint density at radius 1 is 1.38 bits per heavy atom. The fourth-order valence-electron chi connectivity index (χ4n) is 1.68. The van der Waals surface area contributed by atoms with E-state index in [1.165, 1.54) is 6.07 Å². The Labute approximate surface area is 123 Å². The molecule has 0 saturated heterocycles. The third-order valence-electron chi connectivity index (χ3n) is 2.44. The molecule has 0 spiro atoms. The highest BCUT2D eigenvalue weighted by Gasteiger charge is 2.10. The van der Waals surface area contributed by atoms with E-state index in [0.717, 1.165) is 6.26 Å². The summed E-state index contributed by atoms with van der Waals surface area (Å²) in [4.78, 5) is 29.5. The van der Waals surface area contributed by atoms with E-state index in [4.69, 9.17) is 0 Å². The minimum atomic E-state index is -3.29. The molecule has 1 aromatic rings. The van der Waals surface area contributed by atoms with Gasteiger partial charge in [0, 0.05) is 18.8 Å². The van der Waals surface area contributed by atoms with Crippen molar-refractivity contribution in [2.75, 3.05) is 19.3 Å². The third-order valence-corrected chi connectivity index (χ3v) is 3.16. The third kappa shape index (κ3) is 7.00. The van der Waals surface area contributed by atoms with Gasteiger partial charge in [0.1, 0.15) is 5.69 Å². The summed E-state index contributed by atoms with van der Waals surface area (Å²) in [5, 5.41) is 2.50. The molecular weight excluding hydrogens is 296 g/mol. The second-order valence-electron chi connectivity index (χ2n) is 5.12. The average Bonchev–Trinajstić information content (AvgIpc) is 2.31. The van der Waals surface area contributed by atoms with E-state index in [2.05, 4.69) is 20.0 Å². The van der Waals surface area contributed by atoms with E-state index in [9.17, 15) is 18.0 Å². The van der Waals surface area contributed by atoms with Crippen molar-refractivity contribution >= 4 is 15.9 Å². The molecule has 0 radical (unpaired) electrons. The van der Waals surface area contributed by atoms with Crippen molar-refractivity contribution in [2.45, 2.75) is 20.3 Å². The molecule has 9 heteroatoms. The smallest absolute Gasteiger partial charge is 0.345 e. The Kier molecular flexibility index (Phi) is 6.03. The zero-order chi connectivity index (χ0) is 16.0. The summed E-state index contributed by atoms with van der Waals surface area (Å²) < 4.78 is 24.0. The van der Waals surface area contributed by atoms with Gasteiger partial charge >= 0.3 is 5.69 Å². The first-order chi connectivity index (χ1) is 9.67. The van der Waals surface area contributed by atoms with Crippen LogP contribution in [-0.4, -0.2) is 43.6 Å². The van der Waals surface area contributed by atoms with Gasteiger partial charge in [-0.15, -0.1) is 0 Å². The maximum absolute atomic E-state index is 11.9. The van der Waals surface area contributed by atoms with E-state index in [-0.39, 0.29) is 18.8 Å². The fourth-order valence-corrected chi connectivity index (χ4v) is 2.15. The van der Waals surface area contributed by atoms with Crippen LogP contribution in [-0.2, 0) is 16.4 Å². The number of amides is 1. The molecule has 8 nitrogen and oxygen atoms in total. The summed E-state index contributed by atoms with van der Waals surface area (Å²) in [6, 6.07) is 1.53. The molecule has 0 fully saturated rings. The van der Waals surface area contributed by atoms with Crippen LogP contribution in [0.4, 0.5) is 0 Å². The second kappa shape index (κ2) is 7.32. The van der Waals surface area contributed by atoms with Crippen molar-refractivity contribution in [3.8, 4) is 0 Å². The zero-order valence-electron chi connectivity index (χ0n) is 12.3. The zero-order valence-corrected chi connectivity index (χ0v) is 13.1. The molecule has 0 bridgehead atoms. The van der Waals surface area contributed by atoms with Crippen LogP contribution >= 0.6 is 0 Å². The van der Waals surface area contributed by atoms with E-state index < -0.39 is 21.6 Å². The van der Waals surface area contributed by atoms with Crippen LogP contribution in [0, 0.1) is 5.92 Å². The molecular formula is C12H20N4O4S. The van der Waals surface area contributed by atoms with Crippen LogP contribution in [0.15, 0.2) is 10.9 Å². The van der Waals surface area contributed by atoms with E-state index in [0.29, 0.717) is 18.0 Å². The first-order valence-electron chi connectivity index (χ1n) is 6.50. The lowest BCUT2D eigenvalue weighted by Gasteiger charge is -2.07. The van der Waals surface area contributed by atoms with Crippen molar-refractivity contribution in [3.63, 3.8) is 0 Å². The Hall–Kier alpha value is -1.74. The number of hydrogen-bond acceptors (Lipinski definition) is 5. The minimum Gasteiger partial charge on any atom is -0.349 e. The van der Waals surface area contributed by atoms with Crippen LogP contribution in [0.3, 0.4) is 0 Å². The Morgan fingerprint density at radius 3 is 2.62 bits per heavy atom. The number of sulfonamides is 1. The number of nitrogens with zero attached hydrogens (tertiary/aromatic N) is 1. The standard InChI is InChI=1S/C12H20N4O4S/c1-8(2)6-9-7-10(16-12(18)15-9)11(17)13-4-5-14-21(3,19)20/h7-8,14H,4-6H2,1-3H3,(H,13,17)(H,15,16,18). The Bertz CT molecular complexity index is 651. The molecule has 1 aromatic heterocycles. The van der Waals surface area contributed by atoms with Gasteiger partial charge in [-0.05, 0) is 18.4 Å². The topological polar surface area (TPSA) is 121 Å². The van der Waals surface area contributed by atoms with Crippen molar-refractivity contribution in [2.24, 2.45) is 5.92 Å². The molecule has 0 atom stereocenters. The lowest BCUT2D eigenvalue weighted by molar-refractivity contribution is 0.0948. The van der Waals surface area contributed by atoms with Gasteiger partial charge in [-0.1, -0.05) is 13.8 Å². The van der Waals surface area contributed by atoms with Gasteiger partial charge in [0.15, 0.2) is 0 Å². The molecule has 0 aliphatic carbocycles. The molecule has 1 rings (SSSR count). The van der Waals surface area contributed by atoms with E-state index >= 15 is 0 Å². The summed E-state index contributed by atoms with van der Waals surface area (Å²) >= 11 is 0. The number of H-pyrrole nitrogens is 1. The maximum Gasteiger partial charge on any atom is 0.345 e. The minimum absolute atomic E-state index is 0.0220. The fraction of sp³-hybridized carbons (Fsp3) is 0.583. The van der Waals surface area contributed by atoms with E-state index in [1.807, 2.05) is 13.8 Å². The number of hydrogen-bond donors (Lipinski definition) is 3. The number of carbonyl (C=O) groups is 1. The lowest BCUT2D eigenvalue weighted by Crippen LogP contribution is -2.35. The Balaban J connectivity index is 2.65. The average molecular weight is 316 g/mol. The second-order valence-corrected chi connectivity index (χ2v) is 6.95. The molecule has 0 unspecified atom stereocenters. The number of nitrogens with one attached hydrogen (secondary N) is 3. The normalized spacial score (nSPS) is 11.6. The molecule has 0 aliphatic heterocycles. The van der Waals surface area contributed by atoms with Crippen LogP contribution in [0.2, 0.25) is 0 Å². The number of aromatic nitrogens is 2. The molecule has 1 amide bonds. The van der Waals surface area contributed by atoms with Crippen LogP contribution in [0.5, 0.6) is 0 Å². The van der Waals surface area contributed by atoms with Crippen molar-refractivity contribution in [1.82, 2.24) is 20.0 Å². The van der Waals surface area contributed by atoms with Gasteiger partial charge in [-0.3, -0.25) is 4.79 Å². The monoisotopic (exact) mass is 316 g/mol. The maximum atomic E-state index is 11.9. The number of rotatable bonds is 7. The quantitative estimate of drug-likeness (QED) is 0.571. The predicted molar refractivity (Wildman–Crippen MR) is 78.6 cm³/mol. The first kappa shape index (κ1) is 17.3. The summed E-state index contributed by atoms with van der Waals surface area (Å²) in [6.45, 7) is 4.18. The summed E-state index contributed by atoms with van der Waals surface area (Å²) in [7, 11) is -3.29. The molecule has 0 aromatic carbocycles. The molecule has 0 saturated carbocycles. The Morgan fingerprint density at radius 2 is 2.05 bits per heavy atom. The van der Waals surface area contributed by atoms with Crippen LogP contribution in [0.1, 0.15) is 30.0 Å². The summed E-state index contributed by atoms with van der Waals surface area (Å²) in [5.41, 5.74) is 0.0886. The van der Waals surface area contributed by atoms with Gasteiger partial charge in [0.05, 0.1) is 6.26 Å². The van der Waals surface area contributed by atoms with Crippen molar-refractivity contribution in [1.29, 1.82) is 0 Å². The van der Waals surface area contributed by atoms with Crippen LogP contribution < -0.4 is 15.7 Å². The lowest BCUT2D eigenvalue weighted by atomic mass is 10.1. The van der Waals surface area contributed by atoms with Gasteiger partial charge in [-0.25, -0.2) is 17.9 Å². The molecule has 118 valence electrons. The van der Waals surface area contributed by atoms with Gasteiger partial charge < -0.3 is 10.3 Å². The molecule has 21 heavy (non-hydrogen) atoms. The largest absolute Gasteiger partial charge is 0.349 e. The number of aromatic amines is 1. The van der Waals surface area contributed by atoms with E-state index in [1.54, 1.807) is 0 Å². The highest BCUT2D eigenvalue weighted by atomic mass is 32.2. The van der Waals surface area contributed by atoms with Crippen molar-refractivity contribution < 1.29 is 13.2 Å². The van der Waals surface area contributed by atoms with Crippen LogP contribution in [0.25, 0.3) is 0 Å². The summed E-state index contributed by atoms with van der Waals surface area (Å²) in [5.74, 6) is -0.181. The number of carbonyl (C=O) groups excluding carboxylic acids is 1. The summed E-state index contributed by atoms with van der Waals surface area (Å²) in [6.07, 6.45) is 1.67.